The minimum Gasteiger partial charge on any atom is -0.265 e. The lowest BCUT2D eigenvalue weighted by Crippen LogP contribution is -2.29. The molecule has 2 heterocycles. The van der Waals surface area contributed by atoms with Crippen molar-refractivity contribution in [1.29, 1.82) is 0 Å². The summed E-state index contributed by atoms with van der Waals surface area (Å²) in [6.45, 7) is 2.31. The Morgan fingerprint density at radius 3 is 2.57 bits per heavy atom. The van der Waals surface area contributed by atoms with E-state index in [2.05, 4.69) is 4.98 Å². The number of thiophene rings is 1. The highest BCUT2D eigenvalue weighted by molar-refractivity contribution is 7.89. The summed E-state index contributed by atoms with van der Waals surface area (Å²) in [6.07, 6.45) is 4.11. The third-order valence-electron chi connectivity index (χ3n) is 3.85. The van der Waals surface area contributed by atoms with Crippen LogP contribution in [0.3, 0.4) is 0 Å². The van der Waals surface area contributed by atoms with Crippen molar-refractivity contribution in [3.8, 4) is 0 Å². The van der Waals surface area contributed by atoms with Crippen LogP contribution in [0.25, 0.3) is 10.1 Å². The highest BCUT2D eigenvalue weighted by Gasteiger charge is 2.26. The van der Waals surface area contributed by atoms with E-state index in [1.165, 1.54) is 15.6 Å². The summed E-state index contributed by atoms with van der Waals surface area (Å²) in [5, 5.41) is 0.811. The van der Waals surface area contributed by atoms with E-state index in [4.69, 9.17) is 0 Å². The van der Waals surface area contributed by atoms with E-state index in [0.717, 1.165) is 20.5 Å². The molecule has 6 heteroatoms. The second kappa shape index (κ2) is 6.39. The fourth-order valence-electron chi connectivity index (χ4n) is 2.58. The van der Waals surface area contributed by atoms with Gasteiger partial charge in [0.25, 0.3) is 0 Å². The maximum atomic E-state index is 13.0. The van der Waals surface area contributed by atoms with Gasteiger partial charge in [0.15, 0.2) is 0 Å². The number of aryl methyl sites for hydroxylation is 1. The lowest BCUT2D eigenvalue weighted by Gasteiger charge is -2.17. The molecule has 0 atom stereocenters. The van der Waals surface area contributed by atoms with Crippen molar-refractivity contribution >= 4 is 31.4 Å². The summed E-state index contributed by atoms with van der Waals surface area (Å²) >= 11 is 1.52. The summed E-state index contributed by atoms with van der Waals surface area (Å²) < 4.78 is 28.4. The second-order valence-corrected chi connectivity index (χ2v) is 8.65. The van der Waals surface area contributed by atoms with E-state index >= 15 is 0 Å². The number of likely N-dealkylation sites (N-methyl/N-ethyl adjacent to an activating group) is 1. The summed E-state index contributed by atoms with van der Waals surface area (Å²) in [6, 6.07) is 11.5. The van der Waals surface area contributed by atoms with Gasteiger partial charge in [-0.3, -0.25) is 4.98 Å². The number of pyridine rings is 1. The van der Waals surface area contributed by atoms with Crippen molar-refractivity contribution in [2.24, 2.45) is 0 Å². The van der Waals surface area contributed by atoms with Crippen molar-refractivity contribution in [3.05, 3.63) is 59.2 Å². The average Bonchev–Trinajstić information content (AvgIpc) is 2.89. The molecule has 0 fully saturated rings. The Morgan fingerprint density at radius 1 is 1.13 bits per heavy atom. The number of fused-ring (bicyclic) bond motifs is 1. The number of hydrogen-bond donors (Lipinski definition) is 0. The van der Waals surface area contributed by atoms with Crippen LogP contribution in [0.1, 0.15) is 10.4 Å². The van der Waals surface area contributed by atoms with Crippen LogP contribution in [0.2, 0.25) is 0 Å². The van der Waals surface area contributed by atoms with Crippen LogP contribution in [0.5, 0.6) is 0 Å². The molecule has 0 N–H and O–H groups in total. The zero-order valence-electron chi connectivity index (χ0n) is 13.1. The van der Waals surface area contributed by atoms with Crippen molar-refractivity contribution in [1.82, 2.24) is 9.29 Å². The van der Waals surface area contributed by atoms with Gasteiger partial charge in [-0.15, -0.1) is 11.3 Å². The van der Waals surface area contributed by atoms with Crippen LogP contribution in [-0.2, 0) is 16.4 Å². The fourth-order valence-corrected chi connectivity index (χ4v) is 5.50. The predicted molar refractivity (Wildman–Crippen MR) is 94.3 cm³/mol. The second-order valence-electron chi connectivity index (χ2n) is 5.42. The summed E-state index contributed by atoms with van der Waals surface area (Å²) in [5.41, 5.74) is 1.08. The Balaban J connectivity index is 1.89. The first kappa shape index (κ1) is 16.1. The van der Waals surface area contributed by atoms with Gasteiger partial charge in [-0.05, 0) is 37.1 Å². The van der Waals surface area contributed by atoms with Crippen LogP contribution in [0.4, 0.5) is 0 Å². The quantitative estimate of drug-likeness (QED) is 0.711. The summed E-state index contributed by atoms with van der Waals surface area (Å²) in [5.74, 6) is 0. The highest BCUT2D eigenvalue weighted by Crippen LogP contribution is 2.35. The fraction of sp³-hybridized carbons (Fsp3) is 0.235. The molecule has 120 valence electrons. The molecule has 3 rings (SSSR count). The number of hydrogen-bond acceptors (Lipinski definition) is 4. The number of rotatable bonds is 5. The van der Waals surface area contributed by atoms with Crippen LogP contribution in [0, 0.1) is 6.92 Å². The minimum atomic E-state index is -3.49. The van der Waals surface area contributed by atoms with Crippen molar-refractivity contribution < 1.29 is 8.42 Å². The lowest BCUT2D eigenvalue weighted by atomic mass is 10.2. The first-order valence-corrected chi connectivity index (χ1v) is 9.59. The van der Waals surface area contributed by atoms with Gasteiger partial charge in [0.2, 0.25) is 10.0 Å². The molecule has 4 nitrogen and oxygen atoms in total. The smallest absolute Gasteiger partial charge is 0.244 e. The van der Waals surface area contributed by atoms with Gasteiger partial charge >= 0.3 is 0 Å². The van der Waals surface area contributed by atoms with E-state index in [9.17, 15) is 8.42 Å². The molecular formula is C17H18N2O2S2. The molecular weight excluding hydrogens is 328 g/mol. The third-order valence-corrected chi connectivity index (χ3v) is 7.11. The predicted octanol–water partition coefficient (Wildman–Crippen LogP) is 3.47. The maximum Gasteiger partial charge on any atom is 0.244 e. The topological polar surface area (TPSA) is 50.3 Å². The maximum absolute atomic E-state index is 13.0. The first-order valence-electron chi connectivity index (χ1n) is 7.33. The zero-order chi connectivity index (χ0) is 16.4. The molecule has 0 saturated carbocycles. The largest absolute Gasteiger partial charge is 0.265 e. The monoisotopic (exact) mass is 346 g/mol. The van der Waals surface area contributed by atoms with Gasteiger partial charge < -0.3 is 0 Å². The van der Waals surface area contributed by atoms with Crippen molar-refractivity contribution in [2.45, 2.75) is 18.2 Å². The molecule has 3 aromatic rings. The molecule has 0 aliphatic rings. The number of aromatic nitrogens is 1. The molecule has 0 aliphatic carbocycles. The van der Waals surface area contributed by atoms with Gasteiger partial charge in [0.1, 0.15) is 4.90 Å². The molecule has 23 heavy (non-hydrogen) atoms. The minimum absolute atomic E-state index is 0.440. The molecule has 0 unspecified atom stereocenters. The molecule has 0 spiro atoms. The van der Waals surface area contributed by atoms with Crippen molar-refractivity contribution in [3.63, 3.8) is 0 Å². The normalized spacial score (nSPS) is 12.1. The van der Waals surface area contributed by atoms with Gasteiger partial charge in [0.05, 0.1) is 0 Å². The molecule has 0 radical (unpaired) electrons. The lowest BCUT2D eigenvalue weighted by molar-refractivity contribution is 0.473. The summed E-state index contributed by atoms with van der Waals surface area (Å²) in [4.78, 5) is 5.25. The van der Waals surface area contributed by atoms with Crippen LogP contribution >= 0.6 is 11.3 Å². The average molecular weight is 346 g/mol. The van der Waals surface area contributed by atoms with E-state index in [-0.39, 0.29) is 0 Å². The number of nitrogens with zero attached hydrogens (tertiary/aromatic N) is 2. The van der Waals surface area contributed by atoms with Crippen LogP contribution in [-0.4, -0.2) is 31.3 Å². The SMILES string of the molecule is Cc1sc2ccccc2c1S(=O)(=O)N(C)CCc1ccncc1. The van der Waals surface area contributed by atoms with E-state index in [1.54, 1.807) is 19.4 Å². The molecule has 2 aromatic heterocycles. The Labute approximate surface area is 140 Å². The van der Waals surface area contributed by atoms with E-state index < -0.39 is 10.0 Å². The van der Waals surface area contributed by atoms with Gasteiger partial charge in [-0.2, -0.15) is 0 Å². The first-order chi connectivity index (χ1) is 11.0. The van der Waals surface area contributed by atoms with Crippen LogP contribution in [0.15, 0.2) is 53.7 Å². The summed E-state index contributed by atoms with van der Waals surface area (Å²) in [7, 11) is -1.85. The van der Waals surface area contributed by atoms with Crippen molar-refractivity contribution in [2.75, 3.05) is 13.6 Å². The zero-order valence-corrected chi connectivity index (χ0v) is 14.7. The molecule has 1 aromatic carbocycles. The van der Waals surface area contributed by atoms with Gasteiger partial charge in [0, 0.05) is 40.9 Å². The molecule has 0 aliphatic heterocycles. The Morgan fingerprint density at radius 2 is 1.83 bits per heavy atom. The Hall–Kier alpha value is -1.76. The molecule has 0 amide bonds. The van der Waals surface area contributed by atoms with Gasteiger partial charge in [-0.25, -0.2) is 12.7 Å². The Kier molecular flexibility index (Phi) is 4.48. The standard InChI is InChI=1S/C17H18N2O2S2/c1-13-17(15-5-3-4-6-16(15)22-13)23(20,21)19(2)12-9-14-7-10-18-11-8-14/h3-8,10-11H,9,12H2,1-2H3. The highest BCUT2D eigenvalue weighted by atomic mass is 32.2. The van der Waals surface area contributed by atoms with Crippen LogP contribution < -0.4 is 0 Å². The third kappa shape index (κ3) is 3.15. The number of sulfonamides is 1. The molecule has 0 bridgehead atoms. The van der Waals surface area contributed by atoms with E-state index in [0.29, 0.717) is 17.9 Å². The Bertz CT molecular complexity index is 918. The number of benzene rings is 1. The van der Waals surface area contributed by atoms with Gasteiger partial charge in [-0.1, -0.05) is 18.2 Å². The molecule has 0 saturated heterocycles. The van der Waals surface area contributed by atoms with E-state index in [1.807, 2.05) is 43.3 Å².